The third kappa shape index (κ3) is 3.05. The number of morpholine rings is 1. The molecule has 1 aliphatic rings. The fourth-order valence-electron chi connectivity index (χ4n) is 2.65. The van der Waals surface area contributed by atoms with Crippen LogP contribution in [0.3, 0.4) is 0 Å². The lowest BCUT2D eigenvalue weighted by atomic mass is 10.1. The van der Waals surface area contributed by atoms with E-state index in [2.05, 4.69) is 11.8 Å². The Hall–Kier alpha value is -2.11. The fraction of sp³-hybridized carbons (Fsp3) is 0.353. The van der Waals surface area contributed by atoms with Crippen LogP contribution in [0.2, 0.25) is 0 Å². The molecule has 1 aromatic heterocycles. The molecule has 116 valence electrons. The first-order valence-electron chi connectivity index (χ1n) is 7.40. The molecule has 0 amide bonds. The lowest BCUT2D eigenvalue weighted by Crippen LogP contribution is -2.37. The maximum atomic E-state index is 10.9. The largest absolute Gasteiger partial charge is 0.478 e. The number of carboxylic acid groups (broad SMARTS) is 1. The molecule has 22 heavy (non-hydrogen) atoms. The summed E-state index contributed by atoms with van der Waals surface area (Å²) in [5.74, 6) is 0.749. The van der Waals surface area contributed by atoms with Crippen molar-refractivity contribution in [1.29, 1.82) is 0 Å². The second-order valence-electron chi connectivity index (χ2n) is 5.41. The molecule has 1 aromatic carbocycles. The Kier molecular flexibility index (Phi) is 4.27. The monoisotopic (exact) mass is 301 g/mol. The molecule has 5 nitrogen and oxygen atoms in total. The lowest BCUT2D eigenvalue weighted by molar-refractivity contribution is 0.0158. The predicted molar refractivity (Wildman–Crippen MR) is 81.9 cm³/mol. The Morgan fingerprint density at radius 2 is 1.82 bits per heavy atom. The van der Waals surface area contributed by atoms with Gasteiger partial charge < -0.3 is 14.3 Å². The van der Waals surface area contributed by atoms with Gasteiger partial charge in [0.15, 0.2) is 0 Å². The second kappa shape index (κ2) is 6.34. The fourth-order valence-corrected chi connectivity index (χ4v) is 2.65. The van der Waals surface area contributed by atoms with Crippen molar-refractivity contribution in [2.24, 2.45) is 0 Å². The number of benzene rings is 1. The molecule has 1 fully saturated rings. The molecule has 1 N–H and O–H groups in total. The van der Waals surface area contributed by atoms with Gasteiger partial charge in [0.1, 0.15) is 11.5 Å². The first-order valence-corrected chi connectivity index (χ1v) is 7.40. The molecule has 5 heteroatoms. The molecule has 1 unspecified atom stereocenters. The van der Waals surface area contributed by atoms with Gasteiger partial charge in [0.25, 0.3) is 0 Å². The summed E-state index contributed by atoms with van der Waals surface area (Å²) in [5, 5.41) is 8.93. The lowest BCUT2D eigenvalue weighted by Gasteiger charge is -2.31. The van der Waals surface area contributed by atoms with Crippen LogP contribution in [0.5, 0.6) is 0 Å². The van der Waals surface area contributed by atoms with Gasteiger partial charge >= 0.3 is 5.97 Å². The van der Waals surface area contributed by atoms with Crippen LogP contribution in [0, 0.1) is 0 Å². The van der Waals surface area contributed by atoms with Crippen molar-refractivity contribution in [3.63, 3.8) is 0 Å². The normalized spacial score (nSPS) is 17.3. The van der Waals surface area contributed by atoms with Crippen molar-refractivity contribution >= 4 is 5.97 Å². The van der Waals surface area contributed by atoms with E-state index in [1.807, 2.05) is 12.1 Å². The first kappa shape index (κ1) is 14.8. The zero-order valence-corrected chi connectivity index (χ0v) is 12.5. The van der Waals surface area contributed by atoms with Crippen molar-refractivity contribution in [3.05, 3.63) is 47.7 Å². The van der Waals surface area contributed by atoms with Gasteiger partial charge in [0, 0.05) is 18.7 Å². The minimum absolute atomic E-state index is 0.205. The van der Waals surface area contributed by atoms with Gasteiger partial charge in [-0.3, -0.25) is 4.90 Å². The highest BCUT2D eigenvalue weighted by Crippen LogP contribution is 2.28. The summed E-state index contributed by atoms with van der Waals surface area (Å²) >= 11 is 0. The van der Waals surface area contributed by atoms with E-state index < -0.39 is 5.97 Å². The minimum Gasteiger partial charge on any atom is -0.478 e. The summed E-state index contributed by atoms with van der Waals surface area (Å²) in [6, 6.07) is 10.8. The third-order valence-corrected chi connectivity index (χ3v) is 4.05. The van der Waals surface area contributed by atoms with Crippen LogP contribution >= 0.6 is 0 Å². The Labute approximate surface area is 129 Å². The third-order valence-electron chi connectivity index (χ3n) is 4.05. The number of nitrogens with zero attached hydrogens (tertiary/aromatic N) is 1. The number of hydrogen-bond donors (Lipinski definition) is 1. The summed E-state index contributed by atoms with van der Waals surface area (Å²) in [6.45, 7) is 5.46. The number of aromatic carboxylic acids is 1. The van der Waals surface area contributed by atoms with E-state index in [0.29, 0.717) is 0 Å². The van der Waals surface area contributed by atoms with Crippen molar-refractivity contribution in [2.75, 3.05) is 26.3 Å². The zero-order chi connectivity index (χ0) is 15.5. The number of furan rings is 1. The quantitative estimate of drug-likeness (QED) is 0.940. The van der Waals surface area contributed by atoms with Crippen LogP contribution in [-0.4, -0.2) is 42.3 Å². The summed E-state index contributed by atoms with van der Waals surface area (Å²) < 4.78 is 11.3. The standard InChI is InChI=1S/C17H19NO4/c1-12(18-8-10-21-11-9-18)15-6-7-16(22-15)13-2-4-14(5-3-13)17(19)20/h2-7,12H,8-11H2,1H3,(H,19,20). The Morgan fingerprint density at radius 3 is 2.45 bits per heavy atom. The van der Waals surface area contributed by atoms with E-state index >= 15 is 0 Å². The maximum Gasteiger partial charge on any atom is 0.335 e. The molecule has 0 aliphatic carbocycles. The Morgan fingerprint density at radius 1 is 1.14 bits per heavy atom. The molecule has 0 bridgehead atoms. The molecule has 2 aromatic rings. The molecule has 1 aliphatic heterocycles. The van der Waals surface area contributed by atoms with Gasteiger partial charge in [-0.2, -0.15) is 0 Å². The van der Waals surface area contributed by atoms with Crippen LogP contribution < -0.4 is 0 Å². The minimum atomic E-state index is -0.923. The van der Waals surface area contributed by atoms with E-state index in [1.54, 1.807) is 24.3 Å². The van der Waals surface area contributed by atoms with Crippen LogP contribution in [0.25, 0.3) is 11.3 Å². The highest BCUT2D eigenvalue weighted by Gasteiger charge is 2.21. The molecule has 0 saturated carbocycles. The number of ether oxygens (including phenoxy) is 1. The van der Waals surface area contributed by atoms with Crippen LogP contribution in [0.1, 0.15) is 29.1 Å². The van der Waals surface area contributed by atoms with E-state index in [1.165, 1.54) is 0 Å². The Balaban J connectivity index is 1.76. The first-order chi connectivity index (χ1) is 10.6. The highest BCUT2D eigenvalue weighted by molar-refractivity contribution is 5.88. The number of hydrogen-bond acceptors (Lipinski definition) is 4. The average molecular weight is 301 g/mol. The van der Waals surface area contributed by atoms with Gasteiger partial charge in [-0.05, 0) is 31.2 Å². The smallest absolute Gasteiger partial charge is 0.335 e. The summed E-state index contributed by atoms with van der Waals surface area (Å²) in [6.07, 6.45) is 0. The molecule has 3 rings (SSSR count). The molecule has 1 atom stereocenters. The van der Waals surface area contributed by atoms with Gasteiger partial charge in [-0.15, -0.1) is 0 Å². The van der Waals surface area contributed by atoms with Gasteiger partial charge in [-0.25, -0.2) is 4.79 Å². The SMILES string of the molecule is CC(c1ccc(-c2ccc(C(=O)O)cc2)o1)N1CCOCC1. The molecule has 0 spiro atoms. The van der Waals surface area contributed by atoms with Crippen molar-refractivity contribution in [3.8, 4) is 11.3 Å². The van der Waals surface area contributed by atoms with E-state index in [4.69, 9.17) is 14.3 Å². The summed E-state index contributed by atoms with van der Waals surface area (Å²) in [5.41, 5.74) is 1.16. The molecule has 0 radical (unpaired) electrons. The van der Waals surface area contributed by atoms with Gasteiger partial charge in [-0.1, -0.05) is 12.1 Å². The van der Waals surface area contributed by atoms with Gasteiger partial charge in [0.05, 0.1) is 24.8 Å². The molecular formula is C17H19NO4. The van der Waals surface area contributed by atoms with Gasteiger partial charge in [0.2, 0.25) is 0 Å². The van der Waals surface area contributed by atoms with Crippen LogP contribution in [0.15, 0.2) is 40.8 Å². The summed E-state index contributed by atoms with van der Waals surface area (Å²) in [7, 11) is 0. The highest BCUT2D eigenvalue weighted by atomic mass is 16.5. The topological polar surface area (TPSA) is 62.9 Å². The van der Waals surface area contributed by atoms with E-state index in [0.717, 1.165) is 43.4 Å². The number of carbonyl (C=O) groups is 1. The zero-order valence-electron chi connectivity index (χ0n) is 12.5. The second-order valence-corrected chi connectivity index (χ2v) is 5.41. The van der Waals surface area contributed by atoms with Crippen molar-refractivity contribution < 1.29 is 19.1 Å². The van der Waals surface area contributed by atoms with Crippen LogP contribution in [-0.2, 0) is 4.74 Å². The average Bonchev–Trinajstić information content (AvgIpc) is 3.05. The molecule has 1 saturated heterocycles. The predicted octanol–water partition coefficient (Wildman–Crippen LogP) is 3.04. The van der Waals surface area contributed by atoms with E-state index in [-0.39, 0.29) is 11.6 Å². The van der Waals surface area contributed by atoms with Crippen LogP contribution in [0.4, 0.5) is 0 Å². The summed E-state index contributed by atoms with van der Waals surface area (Å²) in [4.78, 5) is 13.2. The number of carboxylic acids is 1. The Bertz CT molecular complexity index is 641. The number of rotatable bonds is 4. The molecule has 2 heterocycles. The molecular weight excluding hydrogens is 282 g/mol. The maximum absolute atomic E-state index is 10.9. The van der Waals surface area contributed by atoms with Crippen molar-refractivity contribution in [2.45, 2.75) is 13.0 Å². The van der Waals surface area contributed by atoms with E-state index in [9.17, 15) is 4.79 Å². The van der Waals surface area contributed by atoms with Crippen molar-refractivity contribution in [1.82, 2.24) is 4.90 Å².